The predicted molar refractivity (Wildman–Crippen MR) is 106 cm³/mol. The standard InChI is InChI=1S/C19H29N7O2/c1-12(2)22-18(27)13-6-4-7-14(10-13)23-19(20-3)21-11-16-24-17(26-25-16)15-8-5-9-28-15/h5,8-9,12-14H,4,6-7,10-11H2,1-3H3,(H,22,27)(H2,20,21,23)(H,24,25,26). The van der Waals surface area contributed by atoms with Gasteiger partial charge in [-0.1, -0.05) is 6.42 Å². The zero-order valence-electron chi connectivity index (χ0n) is 16.7. The Balaban J connectivity index is 1.50. The number of amides is 1. The number of nitrogens with zero attached hydrogens (tertiary/aromatic N) is 3. The topological polar surface area (TPSA) is 120 Å². The van der Waals surface area contributed by atoms with E-state index in [0.29, 0.717) is 29.9 Å². The van der Waals surface area contributed by atoms with Crippen LogP contribution in [-0.4, -0.2) is 46.2 Å². The molecule has 152 valence electrons. The average Bonchev–Trinajstić information content (AvgIpc) is 3.36. The summed E-state index contributed by atoms with van der Waals surface area (Å²) in [6.45, 7) is 4.43. The van der Waals surface area contributed by atoms with E-state index in [-0.39, 0.29) is 23.9 Å². The van der Waals surface area contributed by atoms with Gasteiger partial charge >= 0.3 is 0 Å². The van der Waals surface area contributed by atoms with Crippen molar-refractivity contribution >= 4 is 11.9 Å². The maximum atomic E-state index is 12.3. The highest BCUT2D eigenvalue weighted by Crippen LogP contribution is 2.24. The van der Waals surface area contributed by atoms with Crippen LogP contribution in [0.1, 0.15) is 45.4 Å². The molecule has 3 rings (SSSR count). The molecule has 0 aliphatic heterocycles. The minimum Gasteiger partial charge on any atom is -0.461 e. The lowest BCUT2D eigenvalue weighted by atomic mass is 9.85. The molecule has 1 saturated carbocycles. The molecular weight excluding hydrogens is 358 g/mol. The molecule has 1 aliphatic rings. The van der Waals surface area contributed by atoms with E-state index in [0.717, 1.165) is 25.7 Å². The number of aromatic nitrogens is 3. The maximum Gasteiger partial charge on any atom is 0.223 e. The van der Waals surface area contributed by atoms with Gasteiger partial charge in [0.15, 0.2) is 11.7 Å². The summed E-state index contributed by atoms with van der Waals surface area (Å²) in [5.74, 6) is 2.72. The normalized spacial score (nSPS) is 20.2. The molecule has 2 unspecified atom stereocenters. The Hall–Kier alpha value is -2.84. The van der Waals surface area contributed by atoms with Crippen LogP contribution in [0.4, 0.5) is 0 Å². The summed E-state index contributed by atoms with van der Waals surface area (Å²) in [6, 6.07) is 4.00. The lowest BCUT2D eigenvalue weighted by molar-refractivity contribution is -0.126. The van der Waals surface area contributed by atoms with E-state index >= 15 is 0 Å². The molecule has 0 spiro atoms. The molecule has 9 heteroatoms. The zero-order chi connectivity index (χ0) is 19.9. The molecule has 1 aliphatic carbocycles. The van der Waals surface area contributed by atoms with Crippen molar-refractivity contribution in [3.8, 4) is 11.6 Å². The molecule has 0 saturated heterocycles. The summed E-state index contributed by atoms with van der Waals surface area (Å²) >= 11 is 0. The lowest BCUT2D eigenvalue weighted by Crippen LogP contribution is -2.47. The van der Waals surface area contributed by atoms with Crippen LogP contribution in [0.5, 0.6) is 0 Å². The molecular formula is C19H29N7O2. The fourth-order valence-electron chi connectivity index (χ4n) is 3.41. The van der Waals surface area contributed by atoms with Crippen LogP contribution in [-0.2, 0) is 11.3 Å². The van der Waals surface area contributed by atoms with E-state index in [4.69, 9.17) is 4.42 Å². The summed E-state index contributed by atoms with van der Waals surface area (Å²) in [5, 5.41) is 16.7. The molecule has 1 fully saturated rings. The summed E-state index contributed by atoms with van der Waals surface area (Å²) in [7, 11) is 1.73. The molecule has 0 bridgehead atoms. The molecule has 2 atom stereocenters. The number of aliphatic imine (C=N–C) groups is 1. The van der Waals surface area contributed by atoms with Gasteiger partial charge in [-0.05, 0) is 45.2 Å². The quantitative estimate of drug-likeness (QED) is 0.443. The fourth-order valence-corrected chi connectivity index (χ4v) is 3.41. The second-order valence-electron chi connectivity index (χ2n) is 7.38. The maximum absolute atomic E-state index is 12.3. The summed E-state index contributed by atoms with van der Waals surface area (Å²) in [6.07, 6.45) is 5.39. The average molecular weight is 387 g/mol. The Morgan fingerprint density at radius 3 is 3.00 bits per heavy atom. The van der Waals surface area contributed by atoms with Crippen LogP contribution in [0.15, 0.2) is 27.8 Å². The Bertz CT molecular complexity index is 782. The monoisotopic (exact) mass is 387 g/mol. The third kappa shape index (κ3) is 5.34. The van der Waals surface area contributed by atoms with Gasteiger partial charge in [-0.3, -0.25) is 14.9 Å². The molecule has 0 aromatic carbocycles. The van der Waals surface area contributed by atoms with Crippen molar-refractivity contribution in [3.05, 3.63) is 24.2 Å². The van der Waals surface area contributed by atoms with Crippen LogP contribution < -0.4 is 16.0 Å². The molecule has 2 aromatic heterocycles. The molecule has 9 nitrogen and oxygen atoms in total. The Labute approximate surface area is 164 Å². The number of hydrogen-bond acceptors (Lipinski definition) is 5. The number of carbonyl (C=O) groups is 1. The summed E-state index contributed by atoms with van der Waals surface area (Å²) < 4.78 is 5.30. The van der Waals surface area contributed by atoms with Gasteiger partial charge in [0.2, 0.25) is 11.7 Å². The molecule has 0 radical (unpaired) electrons. The largest absolute Gasteiger partial charge is 0.461 e. The number of guanidine groups is 1. The second-order valence-corrected chi connectivity index (χ2v) is 7.38. The van der Waals surface area contributed by atoms with E-state index in [2.05, 4.69) is 36.1 Å². The summed E-state index contributed by atoms with van der Waals surface area (Å²) in [5.41, 5.74) is 0. The smallest absolute Gasteiger partial charge is 0.223 e. The van der Waals surface area contributed by atoms with E-state index in [1.165, 1.54) is 0 Å². The highest BCUT2D eigenvalue weighted by Gasteiger charge is 2.28. The van der Waals surface area contributed by atoms with E-state index in [1.54, 1.807) is 19.4 Å². The Morgan fingerprint density at radius 1 is 1.43 bits per heavy atom. The van der Waals surface area contributed by atoms with Crippen molar-refractivity contribution in [2.45, 2.75) is 58.2 Å². The number of aromatic amines is 1. The van der Waals surface area contributed by atoms with Gasteiger partial charge in [0.05, 0.1) is 12.8 Å². The minimum absolute atomic E-state index is 0.0527. The van der Waals surface area contributed by atoms with E-state index in [1.807, 2.05) is 19.9 Å². The van der Waals surface area contributed by atoms with Gasteiger partial charge in [-0.25, -0.2) is 4.98 Å². The number of hydrogen-bond donors (Lipinski definition) is 4. The van der Waals surface area contributed by atoms with Crippen molar-refractivity contribution in [1.82, 2.24) is 31.1 Å². The molecule has 4 N–H and O–H groups in total. The molecule has 2 aromatic rings. The van der Waals surface area contributed by atoms with Crippen molar-refractivity contribution in [2.24, 2.45) is 10.9 Å². The van der Waals surface area contributed by atoms with Crippen LogP contribution in [0.25, 0.3) is 11.6 Å². The first-order valence-electron chi connectivity index (χ1n) is 9.78. The zero-order valence-corrected chi connectivity index (χ0v) is 16.7. The van der Waals surface area contributed by atoms with Crippen molar-refractivity contribution in [1.29, 1.82) is 0 Å². The van der Waals surface area contributed by atoms with Gasteiger partial charge < -0.3 is 20.4 Å². The van der Waals surface area contributed by atoms with E-state index < -0.39 is 0 Å². The third-order valence-corrected chi connectivity index (χ3v) is 4.74. The third-order valence-electron chi connectivity index (χ3n) is 4.74. The Morgan fingerprint density at radius 2 is 2.29 bits per heavy atom. The predicted octanol–water partition coefficient (Wildman–Crippen LogP) is 1.81. The second kappa shape index (κ2) is 9.38. The fraction of sp³-hybridized carbons (Fsp3) is 0.579. The van der Waals surface area contributed by atoms with Crippen molar-refractivity contribution in [3.63, 3.8) is 0 Å². The van der Waals surface area contributed by atoms with Crippen LogP contribution >= 0.6 is 0 Å². The van der Waals surface area contributed by atoms with Crippen molar-refractivity contribution in [2.75, 3.05) is 7.05 Å². The van der Waals surface area contributed by atoms with Crippen LogP contribution in [0.3, 0.4) is 0 Å². The lowest BCUT2D eigenvalue weighted by Gasteiger charge is -2.30. The first-order chi connectivity index (χ1) is 13.5. The molecule has 2 heterocycles. The van der Waals surface area contributed by atoms with Crippen molar-refractivity contribution < 1.29 is 9.21 Å². The molecule has 28 heavy (non-hydrogen) atoms. The van der Waals surface area contributed by atoms with Gasteiger partial charge in [0, 0.05) is 25.0 Å². The highest BCUT2D eigenvalue weighted by molar-refractivity contribution is 5.81. The number of H-pyrrole nitrogens is 1. The SMILES string of the molecule is CN=C(NCc1nc(-c2ccco2)n[nH]1)NC1CCCC(C(=O)NC(C)C)C1. The highest BCUT2D eigenvalue weighted by atomic mass is 16.3. The van der Waals surface area contributed by atoms with Gasteiger partial charge in [0.1, 0.15) is 5.82 Å². The number of furan rings is 1. The van der Waals surface area contributed by atoms with Crippen LogP contribution in [0.2, 0.25) is 0 Å². The summed E-state index contributed by atoms with van der Waals surface area (Å²) in [4.78, 5) is 21.0. The van der Waals surface area contributed by atoms with Crippen LogP contribution in [0, 0.1) is 5.92 Å². The number of rotatable bonds is 6. The first kappa shape index (κ1) is 19.9. The Kier molecular flexibility index (Phi) is 6.67. The first-order valence-corrected chi connectivity index (χ1v) is 9.78. The molecule has 1 amide bonds. The van der Waals surface area contributed by atoms with E-state index in [9.17, 15) is 4.79 Å². The minimum atomic E-state index is 0.0527. The van der Waals surface area contributed by atoms with Gasteiger partial charge in [-0.15, -0.1) is 5.10 Å². The van der Waals surface area contributed by atoms with Gasteiger partial charge in [-0.2, -0.15) is 0 Å². The number of carbonyl (C=O) groups excluding carboxylic acids is 1. The van der Waals surface area contributed by atoms with Gasteiger partial charge in [0.25, 0.3) is 0 Å². The number of nitrogens with one attached hydrogen (secondary N) is 4.